The van der Waals surface area contributed by atoms with Crippen LogP contribution < -0.4 is 5.23 Å². The van der Waals surface area contributed by atoms with Crippen LogP contribution in [-0.4, -0.2) is 53.1 Å². The minimum atomic E-state index is -1.56. The number of aliphatic hydroxyl groups is 1. The Balaban J connectivity index is 1.74. The fourth-order valence-electron chi connectivity index (χ4n) is 6.04. The van der Waals surface area contributed by atoms with Crippen molar-refractivity contribution in [2.45, 2.75) is 51.7 Å². The fourth-order valence-corrected chi connectivity index (χ4v) is 6.04. The number of hydrogen-bond donors (Lipinski definition) is 2. The van der Waals surface area contributed by atoms with Crippen LogP contribution in [0, 0.1) is 22.0 Å². The Hall–Kier alpha value is -2.95. The smallest absolute Gasteiger partial charge is 0.338 e. The van der Waals surface area contributed by atoms with Gasteiger partial charge in [-0.25, -0.2) is 9.59 Å². The maximum atomic E-state index is 13.0. The molecule has 1 saturated heterocycles. The van der Waals surface area contributed by atoms with E-state index in [0.29, 0.717) is 19.3 Å². The lowest BCUT2D eigenvalue weighted by Gasteiger charge is -2.60. The molecule has 2 fully saturated rings. The highest BCUT2D eigenvalue weighted by molar-refractivity contribution is 5.94. The molecular formula is C24H28NO9-. The summed E-state index contributed by atoms with van der Waals surface area (Å²) in [5, 5.41) is 31.4. The molecule has 1 aromatic carbocycles. The van der Waals surface area contributed by atoms with Gasteiger partial charge in [-0.2, -0.15) is 0 Å². The maximum absolute atomic E-state index is 13.0. The van der Waals surface area contributed by atoms with Crippen LogP contribution in [0.15, 0.2) is 35.9 Å². The minimum absolute atomic E-state index is 0.0519. The van der Waals surface area contributed by atoms with Gasteiger partial charge in [0, 0.05) is 23.7 Å². The van der Waals surface area contributed by atoms with Crippen LogP contribution in [0.5, 0.6) is 0 Å². The second-order valence-corrected chi connectivity index (χ2v) is 9.89. The van der Waals surface area contributed by atoms with E-state index in [1.54, 1.807) is 0 Å². The van der Waals surface area contributed by atoms with Crippen LogP contribution in [0.4, 0.5) is 5.69 Å². The van der Waals surface area contributed by atoms with E-state index in [0.717, 1.165) is 0 Å². The number of cyclic esters (lactones) is 1. The third-order valence-corrected chi connectivity index (χ3v) is 7.74. The lowest BCUT2D eigenvalue weighted by molar-refractivity contribution is -0.191. The van der Waals surface area contributed by atoms with Crippen LogP contribution in [0.3, 0.4) is 0 Å². The van der Waals surface area contributed by atoms with Crippen molar-refractivity contribution in [2.75, 3.05) is 18.4 Å². The normalized spacial score (nSPS) is 34.3. The van der Waals surface area contributed by atoms with E-state index < -0.39 is 46.4 Å². The Morgan fingerprint density at radius 2 is 1.91 bits per heavy atom. The second kappa shape index (κ2) is 8.37. The van der Waals surface area contributed by atoms with Gasteiger partial charge in [-0.3, -0.25) is 10.0 Å². The average molecular weight is 474 g/mol. The predicted octanol–water partition coefficient (Wildman–Crippen LogP) is 2.51. The number of fused-ring (bicyclic) bond motifs is 3. The van der Waals surface area contributed by atoms with Gasteiger partial charge in [0.25, 0.3) is 0 Å². The first kappa shape index (κ1) is 24.2. The monoisotopic (exact) mass is 474 g/mol. The van der Waals surface area contributed by atoms with Crippen molar-refractivity contribution in [3.8, 4) is 0 Å². The lowest BCUT2D eigenvalue weighted by atomic mass is 9.46. The summed E-state index contributed by atoms with van der Waals surface area (Å²) in [5.74, 6) is -2.29. The quantitative estimate of drug-likeness (QED) is 0.371. The van der Waals surface area contributed by atoms with E-state index >= 15 is 0 Å². The number of carbonyl (C=O) groups is 3. The highest BCUT2D eigenvalue weighted by Crippen LogP contribution is 2.63. The summed E-state index contributed by atoms with van der Waals surface area (Å²) in [4.78, 5) is 37.1. The number of carbonyl (C=O) groups excluding carboxylic acids is 3. The first-order valence-corrected chi connectivity index (χ1v) is 11.1. The predicted molar refractivity (Wildman–Crippen MR) is 117 cm³/mol. The highest BCUT2D eigenvalue weighted by atomic mass is 16.8. The zero-order chi connectivity index (χ0) is 24.9. The summed E-state index contributed by atoms with van der Waals surface area (Å²) in [6, 6.07) is 5.22. The number of nitrogens with zero attached hydrogens (tertiary/aromatic N) is 1. The van der Waals surface area contributed by atoms with E-state index in [1.165, 1.54) is 37.3 Å². The molecule has 1 aromatic rings. The van der Waals surface area contributed by atoms with Gasteiger partial charge < -0.3 is 29.8 Å². The van der Waals surface area contributed by atoms with Gasteiger partial charge in [0.2, 0.25) is 0 Å². The molecule has 0 spiro atoms. The summed E-state index contributed by atoms with van der Waals surface area (Å²) in [7, 11) is 0. The molecule has 3 aliphatic rings. The number of esters is 3. The van der Waals surface area contributed by atoms with Crippen molar-refractivity contribution in [1.29, 1.82) is 0 Å². The van der Waals surface area contributed by atoms with Gasteiger partial charge in [-0.05, 0) is 43.2 Å². The molecule has 5 atom stereocenters. The number of ether oxygens (including phenoxy) is 3. The molecule has 10 nitrogen and oxygen atoms in total. The lowest BCUT2D eigenvalue weighted by Crippen LogP contribution is -2.65. The first-order chi connectivity index (χ1) is 15.9. The summed E-state index contributed by atoms with van der Waals surface area (Å²) >= 11 is 0. The van der Waals surface area contributed by atoms with E-state index in [-0.39, 0.29) is 35.3 Å². The zero-order valence-electron chi connectivity index (χ0n) is 19.3. The van der Waals surface area contributed by atoms with Gasteiger partial charge in [-0.15, -0.1) is 0 Å². The number of benzene rings is 1. The Morgan fingerprint density at radius 3 is 2.53 bits per heavy atom. The molecule has 0 radical (unpaired) electrons. The summed E-state index contributed by atoms with van der Waals surface area (Å²) < 4.78 is 16.5. The van der Waals surface area contributed by atoms with E-state index in [9.17, 15) is 24.7 Å². The molecule has 10 heteroatoms. The maximum Gasteiger partial charge on any atom is 0.338 e. The van der Waals surface area contributed by atoms with E-state index in [4.69, 9.17) is 19.4 Å². The summed E-state index contributed by atoms with van der Waals surface area (Å²) in [6.07, 6.45) is 2.47. The highest BCUT2D eigenvalue weighted by Gasteiger charge is 2.68. The van der Waals surface area contributed by atoms with Crippen LogP contribution in [0.25, 0.3) is 0 Å². The molecule has 34 heavy (non-hydrogen) atoms. The van der Waals surface area contributed by atoms with Crippen molar-refractivity contribution >= 4 is 23.6 Å². The van der Waals surface area contributed by atoms with Crippen LogP contribution >= 0.6 is 0 Å². The molecule has 4 rings (SSSR count). The topological polar surface area (TPSA) is 146 Å². The average Bonchev–Trinajstić information content (AvgIpc) is 3.08. The summed E-state index contributed by atoms with van der Waals surface area (Å²) in [6.45, 7) is 4.98. The van der Waals surface area contributed by atoms with Gasteiger partial charge >= 0.3 is 17.9 Å². The Morgan fingerprint density at radius 1 is 1.24 bits per heavy atom. The largest absolute Gasteiger partial charge is 0.733 e. The number of hydrogen-bond acceptors (Lipinski definition) is 10. The molecule has 0 aromatic heterocycles. The van der Waals surface area contributed by atoms with Crippen LogP contribution in [-0.2, 0) is 23.8 Å². The molecule has 0 amide bonds. The van der Waals surface area contributed by atoms with E-state index in [2.05, 4.69) is 0 Å². The Labute approximate surface area is 196 Å². The van der Waals surface area contributed by atoms with Crippen molar-refractivity contribution in [3.05, 3.63) is 46.7 Å². The zero-order valence-corrected chi connectivity index (χ0v) is 19.3. The van der Waals surface area contributed by atoms with Gasteiger partial charge in [-0.1, -0.05) is 20.3 Å². The molecule has 184 valence electrons. The van der Waals surface area contributed by atoms with Gasteiger partial charge in [0.1, 0.15) is 18.3 Å². The first-order valence-electron chi connectivity index (χ1n) is 11.1. The molecule has 1 saturated carbocycles. The molecule has 0 bridgehead atoms. The third-order valence-electron chi connectivity index (χ3n) is 7.74. The van der Waals surface area contributed by atoms with Gasteiger partial charge in [0.15, 0.2) is 0 Å². The van der Waals surface area contributed by atoms with Crippen LogP contribution in [0.2, 0.25) is 0 Å². The fraction of sp³-hybridized carbons (Fsp3) is 0.542. The standard InChI is InChI=1S/C24H28NO9/c1-14(26)32-12-22(2)9-4-10-23(3)19(22)18(11-17-21(28)33-13-24(17,23)29)34-20(27)15-5-7-16(8-6-15)25(30)31/h5-8,11,18-19,29-30H,4,9-10,12-13H2,1-3H3/q-1. The molecule has 2 N–H and O–H groups in total. The molecule has 1 aliphatic heterocycles. The van der Waals surface area contributed by atoms with Crippen molar-refractivity contribution in [3.63, 3.8) is 0 Å². The number of anilines is 1. The van der Waals surface area contributed by atoms with E-state index in [1.807, 2.05) is 13.8 Å². The summed E-state index contributed by atoms with van der Waals surface area (Å²) in [5.41, 5.74) is -2.96. The molecular weight excluding hydrogens is 446 g/mol. The Kier molecular flexibility index (Phi) is 5.95. The SMILES string of the molecule is CC(=O)OCC1(C)CCCC2(C)C1C(OC(=O)c1ccc(N([O-])O)cc1)C=C1C(=O)OCC12O. The van der Waals surface area contributed by atoms with Crippen molar-refractivity contribution < 1.29 is 38.9 Å². The number of rotatable bonds is 5. The Bertz CT molecular complexity index is 1040. The second-order valence-electron chi connectivity index (χ2n) is 9.89. The van der Waals surface area contributed by atoms with Gasteiger partial charge in [0.05, 0.1) is 23.4 Å². The molecule has 1 heterocycles. The molecule has 5 unspecified atom stereocenters. The molecule has 2 aliphatic carbocycles. The minimum Gasteiger partial charge on any atom is -0.733 e. The third kappa shape index (κ3) is 3.75. The van der Waals surface area contributed by atoms with Crippen molar-refractivity contribution in [1.82, 2.24) is 0 Å². The van der Waals surface area contributed by atoms with Crippen molar-refractivity contribution in [2.24, 2.45) is 16.7 Å². The van der Waals surface area contributed by atoms with Crippen LogP contribution in [0.1, 0.15) is 50.4 Å².